The Morgan fingerprint density at radius 1 is 1.23 bits per heavy atom. The number of pyridine rings is 1. The van der Waals surface area contributed by atoms with Gasteiger partial charge in [0.25, 0.3) is 0 Å². The van der Waals surface area contributed by atoms with Crippen molar-refractivity contribution in [3.63, 3.8) is 0 Å². The maximum Gasteiger partial charge on any atom is 0.354 e. The second-order valence-electron chi connectivity index (χ2n) is 5.82. The molecule has 1 aromatic heterocycles. The third kappa shape index (κ3) is 3.19. The van der Waals surface area contributed by atoms with Gasteiger partial charge < -0.3 is 19.7 Å². The van der Waals surface area contributed by atoms with Crippen molar-refractivity contribution in [3.05, 3.63) is 35.7 Å². The largest absolute Gasteiger partial charge is 0.477 e. The Bertz CT molecular complexity index is 582. The van der Waals surface area contributed by atoms with Crippen molar-refractivity contribution in [1.82, 2.24) is 4.98 Å². The highest BCUT2D eigenvalue weighted by Crippen LogP contribution is 2.40. The SMILES string of the molecule is O=C(O)c1cc(/C=C/C2(O)CCC3(CC2)OCCO3)ccn1. The molecule has 1 aliphatic heterocycles. The minimum atomic E-state index is -1.07. The first-order chi connectivity index (χ1) is 10.5. The Balaban J connectivity index is 1.67. The molecule has 3 rings (SSSR count). The smallest absolute Gasteiger partial charge is 0.354 e. The van der Waals surface area contributed by atoms with E-state index in [0.29, 0.717) is 44.5 Å². The zero-order valence-corrected chi connectivity index (χ0v) is 12.2. The minimum Gasteiger partial charge on any atom is -0.477 e. The van der Waals surface area contributed by atoms with E-state index in [1.54, 1.807) is 18.2 Å². The van der Waals surface area contributed by atoms with Crippen molar-refractivity contribution in [2.24, 2.45) is 0 Å². The summed E-state index contributed by atoms with van der Waals surface area (Å²) in [6.07, 6.45) is 7.34. The van der Waals surface area contributed by atoms with Crippen LogP contribution < -0.4 is 0 Å². The van der Waals surface area contributed by atoms with E-state index in [-0.39, 0.29) is 5.69 Å². The molecule has 2 heterocycles. The van der Waals surface area contributed by atoms with E-state index < -0.39 is 17.4 Å². The quantitative estimate of drug-likeness (QED) is 0.886. The Hall–Kier alpha value is -1.76. The summed E-state index contributed by atoms with van der Waals surface area (Å²) in [5, 5.41) is 19.6. The molecule has 118 valence electrons. The van der Waals surface area contributed by atoms with Crippen molar-refractivity contribution in [2.45, 2.75) is 37.1 Å². The molecule has 0 aromatic carbocycles. The lowest BCUT2D eigenvalue weighted by Crippen LogP contribution is -2.42. The van der Waals surface area contributed by atoms with Gasteiger partial charge in [0, 0.05) is 19.0 Å². The Labute approximate surface area is 128 Å². The molecule has 0 radical (unpaired) electrons. The number of nitrogens with zero attached hydrogens (tertiary/aromatic N) is 1. The fraction of sp³-hybridized carbons (Fsp3) is 0.500. The summed E-state index contributed by atoms with van der Waals surface area (Å²) in [6, 6.07) is 3.19. The van der Waals surface area contributed by atoms with Gasteiger partial charge >= 0.3 is 5.97 Å². The average molecular weight is 305 g/mol. The van der Waals surface area contributed by atoms with Gasteiger partial charge in [-0.2, -0.15) is 0 Å². The summed E-state index contributed by atoms with van der Waals surface area (Å²) in [7, 11) is 0. The molecule has 6 nitrogen and oxygen atoms in total. The van der Waals surface area contributed by atoms with Crippen molar-refractivity contribution < 1.29 is 24.5 Å². The van der Waals surface area contributed by atoms with Crippen molar-refractivity contribution in [1.29, 1.82) is 0 Å². The monoisotopic (exact) mass is 305 g/mol. The predicted octanol–water partition coefficient (Wildman–Crippen LogP) is 1.84. The molecule has 2 fully saturated rings. The molecular weight excluding hydrogens is 286 g/mol. The highest BCUT2D eigenvalue weighted by atomic mass is 16.7. The van der Waals surface area contributed by atoms with E-state index in [2.05, 4.69) is 4.98 Å². The number of carboxylic acids is 1. The van der Waals surface area contributed by atoms with Crippen LogP contribution in [-0.2, 0) is 9.47 Å². The van der Waals surface area contributed by atoms with E-state index in [1.165, 1.54) is 12.3 Å². The second-order valence-corrected chi connectivity index (χ2v) is 5.82. The summed E-state index contributed by atoms with van der Waals surface area (Å²) < 4.78 is 11.3. The van der Waals surface area contributed by atoms with Gasteiger partial charge in [-0.05, 0) is 30.5 Å². The third-order valence-corrected chi connectivity index (χ3v) is 4.28. The van der Waals surface area contributed by atoms with Gasteiger partial charge in [0.15, 0.2) is 5.79 Å². The highest BCUT2D eigenvalue weighted by molar-refractivity contribution is 5.85. The van der Waals surface area contributed by atoms with Crippen LogP contribution in [0.2, 0.25) is 0 Å². The second kappa shape index (κ2) is 5.79. The molecular formula is C16H19NO5. The van der Waals surface area contributed by atoms with Gasteiger partial charge in [-0.3, -0.25) is 0 Å². The third-order valence-electron chi connectivity index (χ3n) is 4.28. The normalized spacial score (nSPS) is 23.1. The first-order valence-corrected chi connectivity index (χ1v) is 7.39. The van der Waals surface area contributed by atoms with Crippen LogP contribution in [0.3, 0.4) is 0 Å². The zero-order valence-electron chi connectivity index (χ0n) is 12.2. The number of carbonyl (C=O) groups is 1. The minimum absolute atomic E-state index is 0.00973. The van der Waals surface area contributed by atoms with Crippen LogP contribution in [0.1, 0.15) is 41.7 Å². The first kappa shape index (κ1) is 15.1. The standard InChI is InChI=1S/C16H19NO5/c18-14(19)13-11-12(2-8-17-13)1-3-15(20)4-6-16(7-5-15)21-9-10-22-16/h1-3,8,11,20H,4-7,9-10H2,(H,18,19)/b3-1+. The Morgan fingerprint density at radius 2 is 1.91 bits per heavy atom. The molecule has 1 aliphatic carbocycles. The lowest BCUT2D eigenvalue weighted by atomic mass is 9.81. The number of aliphatic hydroxyl groups is 1. The van der Waals surface area contributed by atoms with Gasteiger partial charge in [-0.15, -0.1) is 0 Å². The predicted molar refractivity (Wildman–Crippen MR) is 78.3 cm³/mol. The number of carboxylic acid groups (broad SMARTS) is 1. The number of hydrogen-bond donors (Lipinski definition) is 2. The number of aromatic nitrogens is 1. The van der Waals surface area contributed by atoms with Gasteiger partial charge in [0.05, 0.1) is 18.8 Å². The molecule has 1 aromatic rings. The molecule has 1 spiro atoms. The molecule has 6 heteroatoms. The number of hydrogen-bond acceptors (Lipinski definition) is 5. The Kier molecular flexibility index (Phi) is 3.99. The van der Waals surface area contributed by atoms with Crippen LogP contribution >= 0.6 is 0 Å². The van der Waals surface area contributed by atoms with E-state index in [4.69, 9.17) is 14.6 Å². The van der Waals surface area contributed by atoms with Gasteiger partial charge in [0.2, 0.25) is 0 Å². The van der Waals surface area contributed by atoms with Gasteiger partial charge in [-0.25, -0.2) is 9.78 Å². The maximum atomic E-state index is 10.9. The Morgan fingerprint density at radius 3 is 2.55 bits per heavy atom. The zero-order chi connectivity index (χ0) is 15.6. The summed E-state index contributed by atoms with van der Waals surface area (Å²) >= 11 is 0. The van der Waals surface area contributed by atoms with Crippen molar-refractivity contribution >= 4 is 12.0 Å². The molecule has 2 aliphatic rings. The molecule has 0 atom stereocenters. The maximum absolute atomic E-state index is 10.9. The lowest BCUT2D eigenvalue weighted by Gasteiger charge is -2.39. The van der Waals surface area contributed by atoms with E-state index in [1.807, 2.05) is 0 Å². The van der Waals surface area contributed by atoms with Crippen LogP contribution in [0.15, 0.2) is 24.4 Å². The number of ether oxygens (including phenoxy) is 2. The molecule has 0 unspecified atom stereocenters. The molecule has 22 heavy (non-hydrogen) atoms. The molecule has 0 amide bonds. The fourth-order valence-corrected chi connectivity index (χ4v) is 2.94. The molecule has 1 saturated heterocycles. The molecule has 1 saturated carbocycles. The number of aromatic carboxylic acids is 1. The van der Waals surface area contributed by atoms with Crippen LogP contribution in [0.4, 0.5) is 0 Å². The van der Waals surface area contributed by atoms with Crippen molar-refractivity contribution in [3.8, 4) is 0 Å². The van der Waals surface area contributed by atoms with Crippen LogP contribution in [0.25, 0.3) is 6.08 Å². The summed E-state index contributed by atoms with van der Waals surface area (Å²) in [6.45, 7) is 1.23. The van der Waals surface area contributed by atoms with Crippen molar-refractivity contribution in [2.75, 3.05) is 13.2 Å². The lowest BCUT2D eigenvalue weighted by molar-refractivity contribution is -0.196. The van der Waals surface area contributed by atoms with Gasteiger partial charge in [0.1, 0.15) is 5.69 Å². The van der Waals surface area contributed by atoms with E-state index >= 15 is 0 Å². The van der Waals surface area contributed by atoms with E-state index in [0.717, 1.165) is 0 Å². The summed E-state index contributed by atoms with van der Waals surface area (Å²) in [5.41, 5.74) is -0.216. The summed E-state index contributed by atoms with van der Waals surface area (Å²) in [5.74, 6) is -1.57. The molecule has 0 bridgehead atoms. The highest BCUT2D eigenvalue weighted by Gasteiger charge is 2.44. The van der Waals surface area contributed by atoms with Crippen LogP contribution in [0, 0.1) is 0 Å². The first-order valence-electron chi connectivity index (χ1n) is 7.39. The van der Waals surface area contributed by atoms with Gasteiger partial charge in [-0.1, -0.05) is 12.2 Å². The van der Waals surface area contributed by atoms with Crippen LogP contribution in [0.5, 0.6) is 0 Å². The number of rotatable bonds is 3. The van der Waals surface area contributed by atoms with E-state index in [9.17, 15) is 9.90 Å². The fourth-order valence-electron chi connectivity index (χ4n) is 2.94. The van der Waals surface area contributed by atoms with Crippen LogP contribution in [-0.4, -0.2) is 45.8 Å². The molecule has 2 N–H and O–H groups in total. The average Bonchev–Trinajstić information content (AvgIpc) is 2.98. The summed E-state index contributed by atoms with van der Waals surface area (Å²) in [4.78, 5) is 14.7. The topological polar surface area (TPSA) is 88.9 Å².